The Bertz CT molecular complexity index is 2900. The van der Waals surface area contributed by atoms with Gasteiger partial charge < -0.3 is 9.13 Å². The Morgan fingerprint density at radius 2 is 1.08 bits per heavy atom. The highest BCUT2D eigenvalue weighted by molar-refractivity contribution is 6.11. The van der Waals surface area contributed by atoms with Crippen LogP contribution in [0.5, 0.6) is 0 Å². The molecule has 9 aromatic rings. The van der Waals surface area contributed by atoms with E-state index in [-0.39, 0.29) is 0 Å². The summed E-state index contributed by atoms with van der Waals surface area (Å²) in [6, 6.07) is 55.7. The molecule has 0 spiro atoms. The number of benzene rings is 7. The molecule has 0 aliphatic carbocycles. The fraction of sp³-hybridized carbons (Fsp3) is 0. The second-order valence-corrected chi connectivity index (χ2v) is 12.3. The van der Waals surface area contributed by atoms with Crippen molar-refractivity contribution >= 4 is 49.3 Å². The molecular weight excluding hydrogens is 611 g/mol. The molecule has 0 radical (unpaired) electrons. The first-order valence-corrected chi connectivity index (χ1v) is 16.3. The highest BCUT2D eigenvalue weighted by atomic mass is 15.0. The summed E-state index contributed by atoms with van der Waals surface area (Å²) in [6.45, 7) is 7.63. The number of hydrogen-bond donors (Lipinski definition) is 0. The van der Waals surface area contributed by atoms with E-state index in [1.807, 2.05) is 54.6 Å². The van der Waals surface area contributed by atoms with Crippen LogP contribution in [0, 0.1) is 29.2 Å². The van der Waals surface area contributed by atoms with Crippen LogP contribution in [0.1, 0.15) is 11.1 Å². The second-order valence-electron chi connectivity index (χ2n) is 12.3. The zero-order valence-corrected chi connectivity index (χ0v) is 26.7. The summed E-state index contributed by atoms with van der Waals surface area (Å²) in [7, 11) is 0. The normalized spacial score (nSPS) is 11.1. The summed E-state index contributed by atoms with van der Waals surface area (Å²) in [4.78, 5) is 3.68. The minimum atomic E-state index is 0.558. The Morgan fingerprint density at radius 3 is 1.80 bits per heavy atom. The molecule has 0 aliphatic heterocycles. The second kappa shape index (κ2) is 11.4. The molecule has 5 heteroatoms. The van der Waals surface area contributed by atoms with Crippen molar-refractivity contribution in [3.63, 3.8) is 0 Å². The van der Waals surface area contributed by atoms with Gasteiger partial charge in [-0.3, -0.25) is 0 Å². The predicted molar refractivity (Wildman–Crippen MR) is 202 cm³/mol. The van der Waals surface area contributed by atoms with E-state index in [2.05, 4.69) is 123 Å². The van der Waals surface area contributed by atoms with Gasteiger partial charge in [0.05, 0.1) is 52.1 Å². The summed E-state index contributed by atoms with van der Waals surface area (Å²) in [5.41, 5.74) is 11.9. The lowest BCUT2D eigenvalue weighted by Gasteiger charge is -2.17. The van der Waals surface area contributed by atoms with Crippen LogP contribution >= 0.6 is 0 Å². The lowest BCUT2D eigenvalue weighted by atomic mass is 9.91. The topological polar surface area (TPSA) is 61.8 Å². The van der Waals surface area contributed by atoms with Gasteiger partial charge in [0.2, 0.25) is 0 Å². The minimum Gasteiger partial charge on any atom is -0.311 e. The molecule has 2 heterocycles. The van der Waals surface area contributed by atoms with Crippen LogP contribution in [0.25, 0.3) is 82.1 Å². The van der Waals surface area contributed by atoms with E-state index in [1.54, 1.807) is 0 Å². The van der Waals surface area contributed by atoms with Crippen molar-refractivity contribution in [3.8, 4) is 45.8 Å². The number of rotatable bonds is 4. The van der Waals surface area contributed by atoms with E-state index in [0.29, 0.717) is 16.8 Å². The van der Waals surface area contributed by atoms with Crippen molar-refractivity contribution in [3.05, 3.63) is 174 Å². The smallest absolute Gasteiger partial charge is 0.189 e. The van der Waals surface area contributed by atoms with Crippen LogP contribution in [0.15, 0.2) is 152 Å². The van der Waals surface area contributed by atoms with Gasteiger partial charge in [-0.05, 0) is 83.4 Å². The summed E-state index contributed by atoms with van der Waals surface area (Å²) in [5.74, 6) is 0. The summed E-state index contributed by atoms with van der Waals surface area (Å²) >= 11 is 0. The molecule has 2 aromatic heterocycles. The summed E-state index contributed by atoms with van der Waals surface area (Å²) < 4.78 is 4.48. The number of nitrogens with zero attached hydrogens (tertiary/aromatic N) is 5. The predicted octanol–water partition coefficient (Wildman–Crippen LogP) is 11.5. The highest BCUT2D eigenvalue weighted by Crippen LogP contribution is 2.41. The Morgan fingerprint density at radius 1 is 0.460 bits per heavy atom. The van der Waals surface area contributed by atoms with Gasteiger partial charge in [-0.2, -0.15) is 10.5 Å². The van der Waals surface area contributed by atoms with Crippen LogP contribution in [0.2, 0.25) is 0 Å². The first-order chi connectivity index (χ1) is 24.7. The third kappa shape index (κ3) is 4.38. The molecule has 0 N–H and O–H groups in total. The van der Waals surface area contributed by atoms with E-state index in [1.165, 1.54) is 10.8 Å². The minimum absolute atomic E-state index is 0.558. The first-order valence-electron chi connectivity index (χ1n) is 16.3. The SMILES string of the molecule is [C-]#[N+]c1ccc2c3cc(C#N)ccc3n(-c3ccc(-c4ccc(C#N)cc4-c4ccccc4-n4c5ccccc5c5ccccc54)cc3)c2c1. The molecule has 0 unspecified atom stereocenters. The van der Waals surface area contributed by atoms with Crippen molar-refractivity contribution < 1.29 is 0 Å². The third-order valence-corrected chi connectivity index (χ3v) is 9.61. The van der Waals surface area contributed by atoms with E-state index in [0.717, 1.165) is 66.5 Å². The van der Waals surface area contributed by atoms with Gasteiger partial charge in [0.15, 0.2) is 5.69 Å². The molecular formula is C45H25N5. The Labute approximate surface area is 288 Å². The molecule has 0 aliphatic rings. The molecule has 9 rings (SSSR count). The Balaban J connectivity index is 1.23. The van der Waals surface area contributed by atoms with E-state index >= 15 is 0 Å². The number of nitriles is 2. The lowest BCUT2D eigenvalue weighted by molar-refractivity contribution is 1.18. The molecule has 0 fully saturated rings. The van der Waals surface area contributed by atoms with Crippen molar-refractivity contribution in [1.29, 1.82) is 10.5 Å². The lowest BCUT2D eigenvalue weighted by Crippen LogP contribution is -1.98. The van der Waals surface area contributed by atoms with Crippen molar-refractivity contribution in [2.24, 2.45) is 0 Å². The van der Waals surface area contributed by atoms with Gasteiger partial charge in [-0.15, -0.1) is 0 Å². The molecule has 5 nitrogen and oxygen atoms in total. The monoisotopic (exact) mass is 635 g/mol. The fourth-order valence-electron chi connectivity index (χ4n) is 7.38. The molecule has 230 valence electrons. The van der Waals surface area contributed by atoms with Gasteiger partial charge in [-0.1, -0.05) is 84.9 Å². The number of fused-ring (bicyclic) bond motifs is 6. The summed E-state index contributed by atoms with van der Waals surface area (Å²) in [6.07, 6.45) is 0. The molecule has 0 bridgehead atoms. The number of aromatic nitrogens is 2. The Hall–Kier alpha value is -7.39. The maximum atomic E-state index is 10.00. The zero-order valence-electron chi connectivity index (χ0n) is 26.7. The van der Waals surface area contributed by atoms with Crippen LogP contribution in [-0.2, 0) is 0 Å². The van der Waals surface area contributed by atoms with E-state index < -0.39 is 0 Å². The van der Waals surface area contributed by atoms with E-state index in [9.17, 15) is 10.5 Å². The van der Waals surface area contributed by atoms with Crippen molar-refractivity contribution in [2.75, 3.05) is 0 Å². The van der Waals surface area contributed by atoms with Crippen molar-refractivity contribution in [2.45, 2.75) is 0 Å². The largest absolute Gasteiger partial charge is 0.311 e. The number of para-hydroxylation sites is 3. The molecule has 0 amide bonds. The first kappa shape index (κ1) is 28.8. The standard InChI is InChI=1S/C45H25N5/c1-48-32-18-22-38-40-25-30(28-47)15-23-44(40)49(45(38)26-32)33-19-16-31(17-20-33)34-21-14-29(27-46)24-39(34)37-10-4-7-13-43(37)50-41-11-5-2-8-35(41)36-9-3-6-12-42(36)50/h2-26H. The van der Waals surface area contributed by atoms with Crippen LogP contribution < -0.4 is 0 Å². The van der Waals surface area contributed by atoms with Crippen LogP contribution in [-0.4, -0.2) is 9.13 Å². The molecule has 50 heavy (non-hydrogen) atoms. The maximum absolute atomic E-state index is 10.00. The molecule has 0 saturated carbocycles. The van der Waals surface area contributed by atoms with Crippen LogP contribution in [0.3, 0.4) is 0 Å². The van der Waals surface area contributed by atoms with Gasteiger partial charge in [-0.25, -0.2) is 4.85 Å². The average molecular weight is 636 g/mol. The molecule has 0 atom stereocenters. The average Bonchev–Trinajstić information content (AvgIpc) is 3.69. The van der Waals surface area contributed by atoms with Gasteiger partial charge in [0.25, 0.3) is 0 Å². The third-order valence-electron chi connectivity index (χ3n) is 9.61. The Kier molecular flexibility index (Phi) is 6.56. The van der Waals surface area contributed by atoms with Gasteiger partial charge in [0.1, 0.15) is 0 Å². The quantitative estimate of drug-likeness (QED) is 0.181. The summed E-state index contributed by atoms with van der Waals surface area (Å²) in [5, 5.41) is 23.9. The van der Waals surface area contributed by atoms with E-state index in [4.69, 9.17) is 6.57 Å². The molecule has 0 saturated heterocycles. The number of hydrogen-bond acceptors (Lipinski definition) is 2. The van der Waals surface area contributed by atoms with Gasteiger partial charge >= 0.3 is 0 Å². The van der Waals surface area contributed by atoms with Crippen LogP contribution in [0.4, 0.5) is 5.69 Å². The zero-order chi connectivity index (χ0) is 33.8. The fourth-order valence-corrected chi connectivity index (χ4v) is 7.38. The highest BCUT2D eigenvalue weighted by Gasteiger charge is 2.19. The van der Waals surface area contributed by atoms with Crippen molar-refractivity contribution in [1.82, 2.24) is 9.13 Å². The van der Waals surface area contributed by atoms with Gasteiger partial charge in [0, 0.05) is 38.3 Å². The maximum Gasteiger partial charge on any atom is 0.189 e. The molecule has 7 aromatic carbocycles.